The van der Waals surface area contributed by atoms with Crippen LogP contribution in [0.1, 0.15) is 12.8 Å². The Morgan fingerprint density at radius 2 is 2.05 bits per heavy atom. The van der Waals surface area contributed by atoms with E-state index in [1.54, 1.807) is 18.3 Å². The van der Waals surface area contributed by atoms with Crippen LogP contribution < -0.4 is 5.32 Å². The van der Waals surface area contributed by atoms with Crippen molar-refractivity contribution in [1.82, 2.24) is 15.1 Å². The molecule has 7 nitrogen and oxygen atoms in total. The van der Waals surface area contributed by atoms with Crippen molar-refractivity contribution in [2.75, 3.05) is 11.9 Å². The van der Waals surface area contributed by atoms with Gasteiger partial charge in [0.05, 0.1) is 11.7 Å². The van der Waals surface area contributed by atoms with Crippen LogP contribution in [-0.4, -0.2) is 39.4 Å². The molecule has 0 atom stereocenters. The summed E-state index contributed by atoms with van der Waals surface area (Å²) in [5.41, 5.74) is 1.39. The molecule has 0 saturated carbocycles. The Morgan fingerprint density at radius 3 is 2.80 bits per heavy atom. The van der Waals surface area contributed by atoms with Crippen LogP contribution in [0.5, 0.6) is 0 Å². The van der Waals surface area contributed by atoms with E-state index in [0.29, 0.717) is 5.69 Å². The Balaban J connectivity index is 1.69. The summed E-state index contributed by atoms with van der Waals surface area (Å²) in [5.74, 6) is -0.990. The van der Waals surface area contributed by atoms with Crippen LogP contribution in [0.25, 0.3) is 10.9 Å². The summed E-state index contributed by atoms with van der Waals surface area (Å²) in [7, 11) is 0. The zero-order chi connectivity index (χ0) is 14.1. The fraction of sp³-hybridized carbons (Fsp3) is 0.231. The van der Waals surface area contributed by atoms with Crippen molar-refractivity contribution >= 4 is 34.3 Å². The predicted octanol–water partition coefficient (Wildman–Crippen LogP) is 0.650. The van der Waals surface area contributed by atoms with Crippen LogP contribution in [0.15, 0.2) is 24.4 Å². The molecule has 1 aliphatic rings. The first-order chi connectivity index (χ1) is 9.63. The van der Waals surface area contributed by atoms with E-state index in [1.807, 2.05) is 6.07 Å². The van der Waals surface area contributed by atoms with Gasteiger partial charge in [-0.3, -0.25) is 24.4 Å². The topological polar surface area (TPSA) is 95.2 Å². The minimum atomic E-state index is -0.396. The zero-order valence-corrected chi connectivity index (χ0v) is 10.5. The lowest BCUT2D eigenvalue weighted by atomic mass is 10.2. The van der Waals surface area contributed by atoms with Crippen molar-refractivity contribution in [2.24, 2.45) is 0 Å². The maximum absolute atomic E-state index is 11.9. The van der Waals surface area contributed by atoms with Gasteiger partial charge in [0.25, 0.3) is 0 Å². The fourth-order valence-corrected chi connectivity index (χ4v) is 2.16. The molecule has 0 spiro atoms. The maximum Gasteiger partial charge on any atom is 0.244 e. The minimum Gasteiger partial charge on any atom is -0.324 e. The van der Waals surface area contributed by atoms with Gasteiger partial charge in [0.1, 0.15) is 6.54 Å². The van der Waals surface area contributed by atoms with E-state index in [-0.39, 0.29) is 31.2 Å². The van der Waals surface area contributed by atoms with Crippen molar-refractivity contribution in [3.63, 3.8) is 0 Å². The molecule has 1 saturated heterocycles. The molecule has 1 aromatic carbocycles. The van der Waals surface area contributed by atoms with Gasteiger partial charge in [-0.1, -0.05) is 0 Å². The number of aromatic amines is 1. The van der Waals surface area contributed by atoms with Gasteiger partial charge in [-0.05, 0) is 18.2 Å². The first kappa shape index (κ1) is 12.3. The number of anilines is 1. The van der Waals surface area contributed by atoms with E-state index in [9.17, 15) is 14.4 Å². The van der Waals surface area contributed by atoms with Gasteiger partial charge in [0, 0.05) is 23.9 Å². The van der Waals surface area contributed by atoms with Crippen LogP contribution in [-0.2, 0) is 14.4 Å². The van der Waals surface area contributed by atoms with E-state index in [2.05, 4.69) is 15.5 Å². The van der Waals surface area contributed by atoms with Gasteiger partial charge in [-0.25, -0.2) is 0 Å². The molecule has 1 aliphatic heterocycles. The summed E-state index contributed by atoms with van der Waals surface area (Å²) in [6.45, 7) is -0.237. The van der Waals surface area contributed by atoms with Crippen molar-refractivity contribution in [2.45, 2.75) is 12.8 Å². The smallest absolute Gasteiger partial charge is 0.244 e. The molecule has 2 aromatic rings. The molecular weight excluding hydrogens is 260 g/mol. The molecule has 7 heteroatoms. The molecule has 1 aromatic heterocycles. The van der Waals surface area contributed by atoms with Gasteiger partial charge in [0.2, 0.25) is 17.7 Å². The van der Waals surface area contributed by atoms with Crippen LogP contribution in [0.3, 0.4) is 0 Å². The minimum absolute atomic E-state index is 0.187. The molecule has 20 heavy (non-hydrogen) atoms. The van der Waals surface area contributed by atoms with E-state index in [4.69, 9.17) is 0 Å². The molecule has 0 aliphatic carbocycles. The van der Waals surface area contributed by atoms with Crippen LogP contribution >= 0.6 is 0 Å². The van der Waals surface area contributed by atoms with Gasteiger partial charge in [-0.15, -0.1) is 0 Å². The lowest BCUT2D eigenvalue weighted by Gasteiger charge is -2.13. The van der Waals surface area contributed by atoms with E-state index in [1.165, 1.54) is 0 Å². The molecule has 3 rings (SSSR count). The number of hydrogen-bond acceptors (Lipinski definition) is 4. The van der Waals surface area contributed by atoms with E-state index in [0.717, 1.165) is 15.8 Å². The van der Waals surface area contributed by atoms with Crippen LogP contribution in [0, 0.1) is 0 Å². The Labute approximate surface area is 113 Å². The Kier molecular flexibility index (Phi) is 2.94. The molecule has 0 unspecified atom stereocenters. The SMILES string of the molecule is O=C(CN1C(=O)CCC1=O)Nc1ccc2cn[nH]c2c1. The maximum atomic E-state index is 11.9. The quantitative estimate of drug-likeness (QED) is 0.802. The number of likely N-dealkylation sites (tertiary alicyclic amines) is 1. The second-order valence-electron chi connectivity index (χ2n) is 4.59. The van der Waals surface area contributed by atoms with Gasteiger partial charge in [0.15, 0.2) is 0 Å². The third kappa shape index (κ3) is 2.25. The van der Waals surface area contributed by atoms with E-state index >= 15 is 0 Å². The number of carbonyl (C=O) groups excluding carboxylic acids is 3. The van der Waals surface area contributed by atoms with Gasteiger partial charge in [-0.2, -0.15) is 5.10 Å². The van der Waals surface area contributed by atoms with Crippen LogP contribution in [0.4, 0.5) is 5.69 Å². The molecule has 1 fully saturated rings. The first-order valence-electron chi connectivity index (χ1n) is 6.19. The number of imide groups is 1. The molecular formula is C13H12N4O3. The summed E-state index contributed by atoms with van der Waals surface area (Å²) in [6.07, 6.45) is 2.06. The highest BCUT2D eigenvalue weighted by Crippen LogP contribution is 2.17. The van der Waals surface area contributed by atoms with Crippen molar-refractivity contribution in [3.05, 3.63) is 24.4 Å². The number of nitrogens with zero attached hydrogens (tertiary/aromatic N) is 2. The molecule has 2 heterocycles. The monoisotopic (exact) mass is 272 g/mol. The number of aromatic nitrogens is 2. The van der Waals surface area contributed by atoms with E-state index < -0.39 is 5.91 Å². The molecule has 0 radical (unpaired) electrons. The third-order valence-electron chi connectivity index (χ3n) is 3.18. The highest BCUT2D eigenvalue weighted by Gasteiger charge is 2.30. The second kappa shape index (κ2) is 4.76. The first-order valence-corrected chi connectivity index (χ1v) is 6.19. The number of hydrogen-bond donors (Lipinski definition) is 2. The van der Waals surface area contributed by atoms with Crippen molar-refractivity contribution in [3.8, 4) is 0 Å². The summed E-state index contributed by atoms with van der Waals surface area (Å²) < 4.78 is 0. The number of H-pyrrole nitrogens is 1. The highest BCUT2D eigenvalue weighted by atomic mass is 16.2. The lowest BCUT2D eigenvalue weighted by molar-refractivity contribution is -0.141. The fourth-order valence-electron chi connectivity index (χ4n) is 2.16. The number of carbonyl (C=O) groups is 3. The average molecular weight is 272 g/mol. The van der Waals surface area contributed by atoms with Gasteiger partial charge >= 0.3 is 0 Å². The summed E-state index contributed by atoms with van der Waals surface area (Å²) in [6, 6.07) is 5.30. The van der Waals surface area contributed by atoms with Gasteiger partial charge < -0.3 is 5.32 Å². The Hall–Kier alpha value is -2.70. The number of fused-ring (bicyclic) bond motifs is 1. The summed E-state index contributed by atoms with van der Waals surface area (Å²) in [4.78, 5) is 35.7. The normalized spacial score (nSPS) is 15.1. The third-order valence-corrected chi connectivity index (χ3v) is 3.18. The number of rotatable bonds is 3. The molecule has 0 bridgehead atoms. The number of benzene rings is 1. The average Bonchev–Trinajstić information content (AvgIpc) is 3.00. The Bertz CT molecular complexity index is 690. The van der Waals surface area contributed by atoms with Crippen molar-refractivity contribution < 1.29 is 14.4 Å². The number of nitrogens with one attached hydrogen (secondary N) is 2. The van der Waals surface area contributed by atoms with Crippen molar-refractivity contribution in [1.29, 1.82) is 0 Å². The zero-order valence-electron chi connectivity index (χ0n) is 10.5. The van der Waals surface area contributed by atoms with Crippen LogP contribution in [0.2, 0.25) is 0 Å². The summed E-state index contributed by atoms with van der Waals surface area (Å²) >= 11 is 0. The molecule has 102 valence electrons. The standard InChI is InChI=1S/C13H12N4O3/c18-11(7-17-12(19)3-4-13(17)20)15-9-2-1-8-6-14-16-10(8)5-9/h1-2,5-6H,3-4,7H2,(H,14,16)(H,15,18). The second-order valence-corrected chi connectivity index (χ2v) is 4.59. The highest BCUT2D eigenvalue weighted by molar-refractivity contribution is 6.06. The predicted molar refractivity (Wildman–Crippen MR) is 70.7 cm³/mol. The molecule has 3 amide bonds. The lowest BCUT2D eigenvalue weighted by Crippen LogP contribution is -2.36. The number of amides is 3. The largest absolute Gasteiger partial charge is 0.324 e. The Morgan fingerprint density at radius 1 is 1.30 bits per heavy atom. The summed E-state index contributed by atoms with van der Waals surface area (Å²) in [5, 5.41) is 10.3. The molecule has 2 N–H and O–H groups in total.